The summed E-state index contributed by atoms with van der Waals surface area (Å²) in [7, 11) is 3.78. The summed E-state index contributed by atoms with van der Waals surface area (Å²) in [6.45, 7) is 0. The smallest absolute Gasteiger partial charge is 0.255 e. The minimum Gasteiger partial charge on any atom is -0.397 e. The molecule has 0 spiro atoms. The predicted molar refractivity (Wildman–Crippen MR) is 84.3 cm³/mol. The van der Waals surface area contributed by atoms with Crippen molar-refractivity contribution in [3.8, 4) is 6.07 Å². The highest BCUT2D eigenvalue weighted by molar-refractivity contribution is 6.05. The first kappa shape index (κ1) is 14.4. The van der Waals surface area contributed by atoms with Crippen LogP contribution in [0.3, 0.4) is 0 Å². The molecule has 0 aromatic heterocycles. The molecule has 0 heterocycles. The van der Waals surface area contributed by atoms with Gasteiger partial charge in [0.15, 0.2) is 0 Å². The van der Waals surface area contributed by atoms with E-state index in [1.165, 1.54) is 0 Å². The fraction of sp³-hybridized carbons (Fsp3) is 0.125. The summed E-state index contributed by atoms with van der Waals surface area (Å²) >= 11 is 0. The fourth-order valence-corrected chi connectivity index (χ4v) is 1.93. The van der Waals surface area contributed by atoms with Gasteiger partial charge in [0.2, 0.25) is 0 Å². The lowest BCUT2D eigenvalue weighted by Crippen LogP contribution is -2.15. The monoisotopic (exact) mass is 280 g/mol. The van der Waals surface area contributed by atoms with E-state index >= 15 is 0 Å². The lowest BCUT2D eigenvalue weighted by molar-refractivity contribution is 0.102. The third-order valence-corrected chi connectivity index (χ3v) is 3.04. The number of amides is 1. The Bertz CT molecular complexity index is 699. The van der Waals surface area contributed by atoms with Gasteiger partial charge in [-0.25, -0.2) is 0 Å². The number of carbonyl (C=O) groups is 1. The molecule has 3 N–H and O–H groups in total. The minimum absolute atomic E-state index is 0.239. The molecule has 0 aliphatic carbocycles. The maximum absolute atomic E-state index is 12.2. The molecule has 0 aliphatic rings. The van der Waals surface area contributed by atoms with E-state index < -0.39 is 0 Å². The molecule has 2 rings (SSSR count). The molecule has 0 atom stereocenters. The summed E-state index contributed by atoms with van der Waals surface area (Å²) in [5.41, 5.74) is 9.02. The number of nitrogens with one attached hydrogen (secondary N) is 1. The van der Waals surface area contributed by atoms with Crippen LogP contribution in [0.25, 0.3) is 0 Å². The van der Waals surface area contributed by atoms with Crippen molar-refractivity contribution >= 4 is 23.0 Å². The third-order valence-electron chi connectivity index (χ3n) is 3.04. The number of hydrogen-bond acceptors (Lipinski definition) is 4. The van der Waals surface area contributed by atoms with Crippen LogP contribution in [0.2, 0.25) is 0 Å². The van der Waals surface area contributed by atoms with E-state index in [1.54, 1.807) is 36.4 Å². The van der Waals surface area contributed by atoms with Crippen molar-refractivity contribution < 1.29 is 4.79 Å². The molecule has 0 aliphatic heterocycles. The Labute approximate surface area is 123 Å². The number of rotatable bonds is 3. The van der Waals surface area contributed by atoms with Gasteiger partial charge in [0.05, 0.1) is 23.0 Å². The van der Waals surface area contributed by atoms with Crippen LogP contribution in [0, 0.1) is 11.3 Å². The number of anilines is 3. The van der Waals surface area contributed by atoms with E-state index in [0.717, 1.165) is 5.69 Å². The van der Waals surface area contributed by atoms with E-state index in [9.17, 15) is 4.79 Å². The highest BCUT2D eigenvalue weighted by Crippen LogP contribution is 2.22. The van der Waals surface area contributed by atoms with Gasteiger partial charge in [-0.1, -0.05) is 0 Å². The van der Waals surface area contributed by atoms with Crippen LogP contribution in [0.15, 0.2) is 42.5 Å². The fourth-order valence-electron chi connectivity index (χ4n) is 1.93. The highest BCUT2D eigenvalue weighted by Gasteiger charge is 2.09. The quantitative estimate of drug-likeness (QED) is 0.846. The van der Waals surface area contributed by atoms with Gasteiger partial charge in [-0.3, -0.25) is 4.79 Å². The van der Waals surface area contributed by atoms with Gasteiger partial charge < -0.3 is 16.0 Å². The first-order valence-corrected chi connectivity index (χ1v) is 6.39. The van der Waals surface area contributed by atoms with E-state index in [1.807, 2.05) is 31.1 Å². The molecule has 0 radical (unpaired) electrons. The summed E-state index contributed by atoms with van der Waals surface area (Å²) in [5.74, 6) is -0.239. The summed E-state index contributed by atoms with van der Waals surface area (Å²) in [4.78, 5) is 14.0. The molecule has 2 aromatic carbocycles. The van der Waals surface area contributed by atoms with Gasteiger partial charge >= 0.3 is 0 Å². The number of nitrogens with zero attached hydrogens (tertiary/aromatic N) is 2. The predicted octanol–water partition coefficient (Wildman–Crippen LogP) is 2.46. The maximum atomic E-state index is 12.2. The lowest BCUT2D eigenvalue weighted by atomic mass is 10.1. The van der Waals surface area contributed by atoms with Crippen LogP contribution in [-0.2, 0) is 0 Å². The van der Waals surface area contributed by atoms with Crippen molar-refractivity contribution in [2.24, 2.45) is 0 Å². The summed E-state index contributed by atoms with van der Waals surface area (Å²) in [5, 5.41) is 11.5. The second kappa shape index (κ2) is 5.97. The van der Waals surface area contributed by atoms with Crippen molar-refractivity contribution in [2.45, 2.75) is 0 Å². The van der Waals surface area contributed by atoms with Crippen LogP contribution >= 0.6 is 0 Å². The third kappa shape index (κ3) is 3.31. The molecular weight excluding hydrogens is 264 g/mol. The van der Waals surface area contributed by atoms with Crippen molar-refractivity contribution in [1.82, 2.24) is 0 Å². The second-order valence-electron chi connectivity index (χ2n) is 4.81. The van der Waals surface area contributed by atoms with E-state index in [-0.39, 0.29) is 5.91 Å². The van der Waals surface area contributed by atoms with Crippen LogP contribution < -0.4 is 16.0 Å². The molecular formula is C16H16N4O. The van der Waals surface area contributed by atoms with E-state index in [2.05, 4.69) is 5.32 Å². The number of benzene rings is 2. The van der Waals surface area contributed by atoms with Crippen molar-refractivity contribution in [1.29, 1.82) is 5.26 Å². The highest BCUT2D eigenvalue weighted by atomic mass is 16.1. The summed E-state index contributed by atoms with van der Waals surface area (Å²) in [6, 6.07) is 13.9. The van der Waals surface area contributed by atoms with Crippen LogP contribution in [0.4, 0.5) is 17.1 Å². The minimum atomic E-state index is -0.239. The average Bonchev–Trinajstić information content (AvgIpc) is 2.47. The Balaban J connectivity index is 2.16. The Morgan fingerprint density at radius 1 is 1.19 bits per heavy atom. The van der Waals surface area contributed by atoms with Crippen LogP contribution in [0.1, 0.15) is 15.9 Å². The van der Waals surface area contributed by atoms with Crippen molar-refractivity contribution in [3.63, 3.8) is 0 Å². The number of carbonyl (C=O) groups excluding carboxylic acids is 1. The van der Waals surface area contributed by atoms with Gasteiger partial charge in [0, 0.05) is 25.3 Å². The summed E-state index contributed by atoms with van der Waals surface area (Å²) in [6.07, 6.45) is 0. The lowest BCUT2D eigenvalue weighted by Gasteiger charge is -2.15. The molecule has 0 saturated carbocycles. The zero-order valence-corrected chi connectivity index (χ0v) is 11.9. The Hall–Kier alpha value is -3.00. The maximum Gasteiger partial charge on any atom is 0.255 e. The van der Waals surface area contributed by atoms with Gasteiger partial charge in [0.1, 0.15) is 0 Å². The molecule has 106 valence electrons. The zero-order valence-electron chi connectivity index (χ0n) is 11.9. The Morgan fingerprint density at radius 3 is 2.38 bits per heavy atom. The van der Waals surface area contributed by atoms with Gasteiger partial charge in [0.25, 0.3) is 5.91 Å². The largest absolute Gasteiger partial charge is 0.397 e. The summed E-state index contributed by atoms with van der Waals surface area (Å²) < 4.78 is 0. The molecule has 0 unspecified atom stereocenters. The molecule has 0 bridgehead atoms. The van der Waals surface area contributed by atoms with Crippen molar-refractivity contribution in [3.05, 3.63) is 53.6 Å². The van der Waals surface area contributed by atoms with Gasteiger partial charge in [-0.05, 0) is 42.5 Å². The molecule has 0 saturated heterocycles. The normalized spacial score (nSPS) is 9.76. The first-order chi connectivity index (χ1) is 10.0. The van der Waals surface area contributed by atoms with Gasteiger partial charge in [-0.15, -0.1) is 0 Å². The van der Waals surface area contributed by atoms with Crippen molar-refractivity contribution in [2.75, 3.05) is 30.0 Å². The SMILES string of the molecule is CN(C)c1ccc(C(=O)Nc2ccc(C#N)cc2)cc1N. The van der Waals surface area contributed by atoms with Crippen LogP contribution in [-0.4, -0.2) is 20.0 Å². The second-order valence-corrected chi connectivity index (χ2v) is 4.81. The molecule has 2 aromatic rings. The average molecular weight is 280 g/mol. The molecule has 1 amide bonds. The standard InChI is InChI=1S/C16H16N4O/c1-20(2)15-8-5-12(9-14(15)18)16(21)19-13-6-3-11(10-17)4-7-13/h3-9H,18H2,1-2H3,(H,19,21). The number of nitriles is 1. The number of hydrogen-bond donors (Lipinski definition) is 2. The molecule has 21 heavy (non-hydrogen) atoms. The van der Waals surface area contributed by atoms with Gasteiger partial charge in [-0.2, -0.15) is 5.26 Å². The van der Waals surface area contributed by atoms with E-state index in [4.69, 9.17) is 11.0 Å². The van der Waals surface area contributed by atoms with E-state index in [0.29, 0.717) is 22.5 Å². The topological polar surface area (TPSA) is 82.2 Å². The Kier molecular flexibility index (Phi) is 4.10. The zero-order chi connectivity index (χ0) is 15.4. The number of nitrogens with two attached hydrogens (primary N) is 1. The Morgan fingerprint density at radius 2 is 1.86 bits per heavy atom. The molecule has 5 heteroatoms. The first-order valence-electron chi connectivity index (χ1n) is 6.39. The number of nitrogen functional groups attached to an aromatic ring is 1. The molecule has 0 fully saturated rings. The molecule has 5 nitrogen and oxygen atoms in total. The van der Waals surface area contributed by atoms with Crippen LogP contribution in [0.5, 0.6) is 0 Å².